The zero-order valence-electron chi connectivity index (χ0n) is 12.1. The third-order valence-corrected chi connectivity index (χ3v) is 3.81. The second-order valence-electron chi connectivity index (χ2n) is 5.53. The molecule has 0 saturated carbocycles. The Morgan fingerprint density at radius 1 is 1.32 bits per heavy atom. The fraction of sp³-hybridized carbons (Fsp3) is 0.500. The predicted molar refractivity (Wildman–Crippen MR) is 74.3 cm³/mol. The average Bonchev–Trinajstić information content (AvgIpc) is 2.91. The van der Waals surface area contributed by atoms with Gasteiger partial charge in [0.05, 0.1) is 0 Å². The molecule has 0 fully saturated rings. The Balaban J connectivity index is 1.68. The van der Waals surface area contributed by atoms with E-state index in [0.29, 0.717) is 31.3 Å². The minimum Gasteiger partial charge on any atom is -0.344 e. The lowest BCUT2D eigenvalue weighted by molar-refractivity contribution is -0.141. The number of anilines is 1. The zero-order valence-corrected chi connectivity index (χ0v) is 12.1. The Bertz CT molecular complexity index is 638. The number of hydrogen-bond donors (Lipinski definition) is 0. The summed E-state index contributed by atoms with van der Waals surface area (Å²) in [7, 11) is 1.89. The van der Waals surface area contributed by atoms with Crippen molar-refractivity contribution in [1.29, 1.82) is 0 Å². The van der Waals surface area contributed by atoms with Crippen LogP contribution < -0.4 is 4.90 Å². The van der Waals surface area contributed by atoms with Crippen LogP contribution in [0.1, 0.15) is 17.9 Å². The maximum atomic E-state index is 12.7. The zero-order chi connectivity index (χ0) is 15.7. The third-order valence-electron chi connectivity index (χ3n) is 3.81. The van der Waals surface area contributed by atoms with E-state index in [1.165, 1.54) is 0 Å². The van der Waals surface area contributed by atoms with Gasteiger partial charge in [-0.05, 0) is 18.4 Å². The molecular formula is C14H16F3N5. The maximum absolute atomic E-state index is 12.7. The molecule has 3 heterocycles. The number of rotatable bonds is 3. The van der Waals surface area contributed by atoms with Gasteiger partial charge in [-0.1, -0.05) is 0 Å². The fourth-order valence-electron chi connectivity index (χ4n) is 2.76. The van der Waals surface area contributed by atoms with Gasteiger partial charge in [-0.2, -0.15) is 13.2 Å². The van der Waals surface area contributed by atoms with Crippen LogP contribution in [0.25, 0.3) is 0 Å². The number of alkyl halides is 3. The van der Waals surface area contributed by atoms with E-state index in [1.807, 2.05) is 11.9 Å². The highest BCUT2D eigenvalue weighted by Gasteiger charge is 2.35. The molecule has 0 amide bonds. The van der Waals surface area contributed by atoms with Gasteiger partial charge in [-0.3, -0.25) is 0 Å². The van der Waals surface area contributed by atoms with E-state index in [-0.39, 0.29) is 5.92 Å². The second-order valence-corrected chi connectivity index (χ2v) is 5.53. The van der Waals surface area contributed by atoms with Gasteiger partial charge < -0.3 is 9.47 Å². The Labute approximate surface area is 125 Å². The largest absolute Gasteiger partial charge is 0.434 e. The van der Waals surface area contributed by atoms with E-state index in [1.54, 1.807) is 23.0 Å². The van der Waals surface area contributed by atoms with Crippen molar-refractivity contribution >= 4 is 5.95 Å². The van der Waals surface area contributed by atoms with Crippen molar-refractivity contribution in [3.63, 3.8) is 0 Å². The SMILES string of the molecule is CN(C[C@@H]1CCc2nc(C(F)(F)F)cn2C1)c1ncccn1. The summed E-state index contributed by atoms with van der Waals surface area (Å²) in [6.07, 6.45) is 1.44. The number of halogens is 3. The van der Waals surface area contributed by atoms with Crippen molar-refractivity contribution in [1.82, 2.24) is 19.5 Å². The van der Waals surface area contributed by atoms with Crippen molar-refractivity contribution < 1.29 is 13.2 Å². The standard InChI is InChI=1S/C14H16F3N5/c1-21(13-18-5-2-6-19-13)7-10-3-4-12-20-11(14(15,16)17)9-22(12)8-10/h2,5-6,9-10H,3-4,7-8H2,1H3/t10-/m0/s1. The van der Waals surface area contributed by atoms with Crippen LogP contribution in [-0.2, 0) is 19.1 Å². The molecule has 0 aliphatic carbocycles. The highest BCUT2D eigenvalue weighted by molar-refractivity contribution is 5.26. The van der Waals surface area contributed by atoms with E-state index in [4.69, 9.17) is 0 Å². The van der Waals surface area contributed by atoms with Crippen molar-refractivity contribution in [2.45, 2.75) is 25.6 Å². The predicted octanol–water partition coefficient (Wildman–Crippen LogP) is 2.39. The summed E-state index contributed by atoms with van der Waals surface area (Å²) in [6, 6.07) is 1.74. The van der Waals surface area contributed by atoms with Crippen LogP contribution in [-0.4, -0.2) is 33.1 Å². The second kappa shape index (κ2) is 5.58. The number of fused-ring (bicyclic) bond motifs is 1. The van der Waals surface area contributed by atoms with Crippen molar-refractivity contribution in [3.8, 4) is 0 Å². The smallest absolute Gasteiger partial charge is 0.344 e. The van der Waals surface area contributed by atoms with E-state index >= 15 is 0 Å². The minimum absolute atomic E-state index is 0.247. The van der Waals surface area contributed by atoms with Gasteiger partial charge in [0.25, 0.3) is 0 Å². The molecule has 0 bridgehead atoms. The molecule has 0 radical (unpaired) electrons. The molecule has 0 unspecified atom stereocenters. The van der Waals surface area contributed by atoms with Gasteiger partial charge in [-0.25, -0.2) is 15.0 Å². The Morgan fingerprint density at radius 2 is 2.05 bits per heavy atom. The maximum Gasteiger partial charge on any atom is 0.434 e. The number of hydrogen-bond acceptors (Lipinski definition) is 4. The van der Waals surface area contributed by atoms with Crippen LogP contribution in [0.2, 0.25) is 0 Å². The molecule has 2 aromatic rings. The highest BCUT2D eigenvalue weighted by Crippen LogP contribution is 2.30. The van der Waals surface area contributed by atoms with Gasteiger partial charge >= 0.3 is 6.18 Å². The molecule has 0 spiro atoms. The quantitative estimate of drug-likeness (QED) is 0.873. The van der Waals surface area contributed by atoms with Gasteiger partial charge in [0.15, 0.2) is 5.69 Å². The van der Waals surface area contributed by atoms with Crippen LogP contribution in [0.15, 0.2) is 24.7 Å². The normalized spacial score (nSPS) is 18.1. The molecule has 0 N–H and O–H groups in total. The van der Waals surface area contributed by atoms with E-state index < -0.39 is 11.9 Å². The summed E-state index contributed by atoms with van der Waals surface area (Å²) in [5.41, 5.74) is -0.803. The van der Waals surface area contributed by atoms with Gasteiger partial charge in [0.1, 0.15) is 5.82 Å². The van der Waals surface area contributed by atoms with Crippen molar-refractivity contribution in [2.75, 3.05) is 18.5 Å². The minimum atomic E-state index is -4.38. The first kappa shape index (κ1) is 14.8. The Kier molecular flexibility index (Phi) is 3.76. The lowest BCUT2D eigenvalue weighted by Gasteiger charge is -2.28. The van der Waals surface area contributed by atoms with Crippen LogP contribution in [0.3, 0.4) is 0 Å². The number of aromatic nitrogens is 4. The first-order valence-electron chi connectivity index (χ1n) is 7.05. The molecule has 1 aliphatic heterocycles. The fourth-order valence-corrected chi connectivity index (χ4v) is 2.76. The molecule has 2 aromatic heterocycles. The van der Waals surface area contributed by atoms with Crippen LogP contribution in [0.4, 0.5) is 19.1 Å². The lowest BCUT2D eigenvalue weighted by Crippen LogP contribution is -2.32. The molecule has 1 aliphatic rings. The molecule has 8 heteroatoms. The average molecular weight is 311 g/mol. The summed E-state index contributed by atoms with van der Waals surface area (Å²) < 4.78 is 39.7. The summed E-state index contributed by atoms with van der Waals surface area (Å²) in [5, 5.41) is 0. The van der Waals surface area contributed by atoms with Gasteiger partial charge in [0.2, 0.25) is 5.95 Å². The molecule has 22 heavy (non-hydrogen) atoms. The summed E-state index contributed by atoms with van der Waals surface area (Å²) in [5.74, 6) is 1.38. The highest BCUT2D eigenvalue weighted by atomic mass is 19.4. The van der Waals surface area contributed by atoms with Gasteiger partial charge in [-0.15, -0.1) is 0 Å². The Hall–Kier alpha value is -2.12. The molecule has 5 nitrogen and oxygen atoms in total. The molecule has 118 valence electrons. The molecular weight excluding hydrogens is 295 g/mol. The number of aryl methyl sites for hydroxylation is 1. The molecule has 3 rings (SSSR count). The molecule has 0 aromatic carbocycles. The third kappa shape index (κ3) is 3.05. The van der Waals surface area contributed by atoms with Gasteiger partial charge in [0, 0.05) is 45.1 Å². The first-order valence-corrected chi connectivity index (χ1v) is 7.05. The summed E-state index contributed by atoms with van der Waals surface area (Å²) in [4.78, 5) is 14.0. The van der Waals surface area contributed by atoms with Crippen LogP contribution in [0.5, 0.6) is 0 Å². The topological polar surface area (TPSA) is 46.8 Å². The van der Waals surface area contributed by atoms with E-state index in [2.05, 4.69) is 15.0 Å². The first-order chi connectivity index (χ1) is 10.4. The number of nitrogens with zero attached hydrogens (tertiary/aromatic N) is 5. The lowest BCUT2D eigenvalue weighted by atomic mass is 9.99. The summed E-state index contributed by atoms with van der Waals surface area (Å²) in [6.45, 7) is 1.23. The van der Waals surface area contributed by atoms with Crippen molar-refractivity contribution in [3.05, 3.63) is 36.2 Å². The van der Waals surface area contributed by atoms with Crippen LogP contribution >= 0.6 is 0 Å². The van der Waals surface area contributed by atoms with Crippen LogP contribution in [0, 0.1) is 5.92 Å². The Morgan fingerprint density at radius 3 is 2.73 bits per heavy atom. The monoisotopic (exact) mass is 311 g/mol. The van der Waals surface area contributed by atoms with E-state index in [9.17, 15) is 13.2 Å². The van der Waals surface area contributed by atoms with E-state index in [0.717, 1.165) is 12.6 Å². The van der Waals surface area contributed by atoms with Crippen molar-refractivity contribution in [2.24, 2.45) is 5.92 Å². The molecule has 1 atom stereocenters. The molecule has 0 saturated heterocycles. The number of imidazole rings is 1. The summed E-state index contributed by atoms with van der Waals surface area (Å²) >= 11 is 0.